The van der Waals surface area contributed by atoms with Gasteiger partial charge in [0.05, 0.1) is 13.3 Å². The molecule has 0 spiro atoms. The molecular weight excluding hydrogens is 170 g/mol. The van der Waals surface area contributed by atoms with Crippen molar-refractivity contribution in [1.82, 2.24) is 10.6 Å². The van der Waals surface area contributed by atoms with Crippen LogP contribution < -0.4 is 16.4 Å². The van der Waals surface area contributed by atoms with Crippen molar-refractivity contribution in [3.63, 3.8) is 0 Å². The van der Waals surface area contributed by atoms with E-state index in [-0.39, 0.29) is 5.97 Å². The van der Waals surface area contributed by atoms with Gasteiger partial charge < -0.3 is 21.1 Å². The van der Waals surface area contributed by atoms with Crippen LogP contribution in [0.15, 0.2) is 11.9 Å². The van der Waals surface area contributed by atoms with Gasteiger partial charge >= 0.3 is 5.97 Å². The number of carbonyl (C=O) groups excluding carboxylic acids is 1. The topological polar surface area (TPSA) is 76.4 Å². The molecule has 0 fully saturated rings. The monoisotopic (exact) mass is 185 g/mol. The van der Waals surface area contributed by atoms with Gasteiger partial charge in [-0.15, -0.1) is 0 Å². The van der Waals surface area contributed by atoms with Crippen LogP contribution in [0.25, 0.3) is 0 Å². The second kappa shape index (κ2) is 4.71. The Balaban J connectivity index is 2.31. The normalized spacial score (nSPS) is 16.9. The summed E-state index contributed by atoms with van der Waals surface area (Å²) in [6.45, 7) is 2.83. The minimum absolute atomic E-state index is 0.350. The molecule has 0 saturated heterocycles. The molecule has 0 bridgehead atoms. The van der Waals surface area contributed by atoms with Crippen molar-refractivity contribution >= 4 is 5.97 Å². The van der Waals surface area contributed by atoms with Crippen LogP contribution in [0.1, 0.15) is 13.3 Å². The lowest BCUT2D eigenvalue weighted by molar-refractivity contribution is -0.144. The van der Waals surface area contributed by atoms with Crippen LogP contribution in [-0.2, 0) is 9.53 Å². The highest BCUT2D eigenvalue weighted by Crippen LogP contribution is 2.03. The molecule has 1 atom stereocenters. The SMILES string of the molecule is CCOC(=O)[C@@H](N)CC1=CNCN1. The smallest absolute Gasteiger partial charge is 0.323 e. The molecule has 0 radical (unpaired) electrons. The summed E-state index contributed by atoms with van der Waals surface area (Å²) in [4.78, 5) is 11.1. The van der Waals surface area contributed by atoms with E-state index in [1.54, 1.807) is 6.92 Å². The predicted octanol–water partition coefficient (Wildman–Crippen LogP) is -0.741. The molecule has 0 unspecified atom stereocenters. The van der Waals surface area contributed by atoms with Crippen molar-refractivity contribution in [2.24, 2.45) is 5.73 Å². The van der Waals surface area contributed by atoms with E-state index in [4.69, 9.17) is 10.5 Å². The fraction of sp³-hybridized carbons (Fsp3) is 0.625. The highest BCUT2D eigenvalue weighted by Gasteiger charge is 2.17. The van der Waals surface area contributed by atoms with Crippen molar-refractivity contribution in [2.45, 2.75) is 19.4 Å². The van der Waals surface area contributed by atoms with Crippen LogP contribution in [-0.4, -0.2) is 25.3 Å². The summed E-state index contributed by atoms with van der Waals surface area (Å²) in [5, 5.41) is 6.01. The first kappa shape index (κ1) is 9.85. The van der Waals surface area contributed by atoms with Gasteiger partial charge in [0, 0.05) is 18.3 Å². The number of hydrogen-bond acceptors (Lipinski definition) is 5. The highest BCUT2D eigenvalue weighted by atomic mass is 16.5. The van der Waals surface area contributed by atoms with Crippen molar-refractivity contribution in [2.75, 3.05) is 13.3 Å². The minimum Gasteiger partial charge on any atom is -0.465 e. The molecule has 0 saturated carbocycles. The van der Waals surface area contributed by atoms with Crippen LogP contribution in [0.3, 0.4) is 0 Å². The first-order chi connectivity index (χ1) is 6.24. The van der Waals surface area contributed by atoms with Crippen molar-refractivity contribution in [3.8, 4) is 0 Å². The number of carbonyl (C=O) groups is 1. The van der Waals surface area contributed by atoms with E-state index in [9.17, 15) is 4.79 Å². The second-order valence-electron chi connectivity index (χ2n) is 2.79. The second-order valence-corrected chi connectivity index (χ2v) is 2.79. The minimum atomic E-state index is -0.571. The Morgan fingerprint density at radius 1 is 1.85 bits per heavy atom. The Morgan fingerprint density at radius 2 is 2.62 bits per heavy atom. The van der Waals surface area contributed by atoms with Crippen LogP contribution >= 0.6 is 0 Å². The van der Waals surface area contributed by atoms with Crippen molar-refractivity contribution in [3.05, 3.63) is 11.9 Å². The number of esters is 1. The van der Waals surface area contributed by atoms with E-state index in [1.165, 1.54) is 0 Å². The first-order valence-electron chi connectivity index (χ1n) is 4.32. The van der Waals surface area contributed by atoms with E-state index >= 15 is 0 Å². The lowest BCUT2D eigenvalue weighted by Gasteiger charge is -2.10. The summed E-state index contributed by atoms with van der Waals surface area (Å²) >= 11 is 0. The number of nitrogens with two attached hydrogens (primary N) is 1. The van der Waals surface area contributed by atoms with Gasteiger partial charge in [0.2, 0.25) is 0 Å². The van der Waals surface area contributed by atoms with Crippen LogP contribution in [0.5, 0.6) is 0 Å². The molecule has 1 rings (SSSR count). The standard InChI is InChI=1S/C8H15N3O2/c1-2-13-8(12)7(9)3-6-4-10-5-11-6/h4,7,10-11H,2-3,5,9H2,1H3/t7-/m0/s1. The zero-order valence-electron chi connectivity index (χ0n) is 7.67. The number of rotatable bonds is 4. The molecule has 0 aromatic rings. The van der Waals surface area contributed by atoms with Gasteiger partial charge in [0.15, 0.2) is 0 Å². The Labute approximate surface area is 77.3 Å². The third kappa shape index (κ3) is 2.95. The third-order valence-electron chi connectivity index (χ3n) is 1.72. The lowest BCUT2D eigenvalue weighted by Crippen LogP contribution is -2.34. The Morgan fingerprint density at radius 3 is 3.15 bits per heavy atom. The van der Waals surface area contributed by atoms with E-state index in [1.807, 2.05) is 6.20 Å². The molecule has 13 heavy (non-hydrogen) atoms. The maximum atomic E-state index is 11.1. The third-order valence-corrected chi connectivity index (χ3v) is 1.72. The van der Waals surface area contributed by atoms with Crippen molar-refractivity contribution in [1.29, 1.82) is 0 Å². The molecule has 0 aliphatic carbocycles. The van der Waals surface area contributed by atoms with Crippen LogP contribution in [0.4, 0.5) is 0 Å². The molecular formula is C8H15N3O2. The van der Waals surface area contributed by atoms with Gasteiger partial charge in [-0.3, -0.25) is 4.79 Å². The molecule has 5 heteroatoms. The predicted molar refractivity (Wildman–Crippen MR) is 48.4 cm³/mol. The average molecular weight is 185 g/mol. The number of nitrogens with one attached hydrogen (secondary N) is 2. The Hall–Kier alpha value is -1.23. The molecule has 4 N–H and O–H groups in total. The maximum Gasteiger partial charge on any atom is 0.323 e. The summed E-state index contributed by atoms with van der Waals surface area (Å²) in [6.07, 6.45) is 2.31. The molecule has 5 nitrogen and oxygen atoms in total. The molecule has 1 aliphatic heterocycles. The number of hydrogen-bond donors (Lipinski definition) is 3. The summed E-state index contributed by atoms with van der Waals surface area (Å²) in [6, 6.07) is -0.571. The molecule has 1 aliphatic rings. The zero-order chi connectivity index (χ0) is 9.68. The Bertz CT molecular complexity index is 215. The maximum absolute atomic E-state index is 11.1. The van der Waals surface area contributed by atoms with E-state index < -0.39 is 6.04 Å². The highest BCUT2D eigenvalue weighted by molar-refractivity contribution is 5.75. The van der Waals surface area contributed by atoms with E-state index in [2.05, 4.69) is 10.6 Å². The summed E-state index contributed by atoms with van der Waals surface area (Å²) < 4.78 is 4.77. The zero-order valence-corrected chi connectivity index (χ0v) is 7.67. The Kier molecular flexibility index (Phi) is 3.57. The molecule has 1 heterocycles. The number of ether oxygens (including phenoxy) is 1. The summed E-state index contributed by atoms with van der Waals surface area (Å²) in [7, 11) is 0. The largest absolute Gasteiger partial charge is 0.465 e. The van der Waals surface area contributed by atoms with Crippen LogP contribution in [0, 0.1) is 0 Å². The van der Waals surface area contributed by atoms with Gasteiger partial charge in [0.1, 0.15) is 6.04 Å². The van der Waals surface area contributed by atoms with Gasteiger partial charge in [-0.1, -0.05) is 0 Å². The summed E-state index contributed by atoms with van der Waals surface area (Å²) in [5.74, 6) is -0.350. The fourth-order valence-electron chi connectivity index (χ4n) is 1.09. The van der Waals surface area contributed by atoms with Gasteiger partial charge in [-0.05, 0) is 6.92 Å². The van der Waals surface area contributed by atoms with E-state index in [0.717, 1.165) is 5.70 Å². The van der Waals surface area contributed by atoms with E-state index in [0.29, 0.717) is 19.7 Å². The molecule has 74 valence electrons. The van der Waals surface area contributed by atoms with Crippen LogP contribution in [0.2, 0.25) is 0 Å². The molecule has 0 aromatic heterocycles. The summed E-state index contributed by atoms with van der Waals surface area (Å²) in [5.41, 5.74) is 6.54. The van der Waals surface area contributed by atoms with Gasteiger partial charge in [0.25, 0.3) is 0 Å². The average Bonchev–Trinajstić information content (AvgIpc) is 2.57. The van der Waals surface area contributed by atoms with Crippen molar-refractivity contribution < 1.29 is 9.53 Å². The molecule has 0 amide bonds. The van der Waals surface area contributed by atoms with Gasteiger partial charge in [-0.2, -0.15) is 0 Å². The van der Waals surface area contributed by atoms with Gasteiger partial charge in [-0.25, -0.2) is 0 Å². The fourth-order valence-corrected chi connectivity index (χ4v) is 1.09. The quantitative estimate of drug-likeness (QED) is 0.503. The lowest BCUT2D eigenvalue weighted by atomic mass is 10.2. The molecule has 0 aromatic carbocycles. The first-order valence-corrected chi connectivity index (χ1v) is 4.32.